The minimum absolute atomic E-state index is 0.316. The number of halogens is 1. The topological polar surface area (TPSA) is 55.6 Å². The Morgan fingerprint density at radius 2 is 1.95 bits per heavy atom. The Bertz CT molecular complexity index is 671. The predicted octanol–water partition coefficient (Wildman–Crippen LogP) is 3.05. The number of nitrogens with zero attached hydrogens (tertiary/aromatic N) is 1. The lowest BCUT2D eigenvalue weighted by Gasteiger charge is -2.14. The SMILES string of the molecule is CN(C)CCOc1ccccc1-c1ccc(C(N)=O)c(Cl)c1. The Morgan fingerprint density at radius 3 is 2.59 bits per heavy atom. The fourth-order valence-corrected chi connectivity index (χ4v) is 2.33. The first-order chi connectivity index (χ1) is 10.5. The molecule has 0 aliphatic rings. The van der Waals surface area contributed by atoms with E-state index in [-0.39, 0.29) is 0 Å². The van der Waals surface area contributed by atoms with Crippen molar-refractivity contribution in [3.8, 4) is 16.9 Å². The van der Waals surface area contributed by atoms with Crippen molar-refractivity contribution in [2.24, 2.45) is 5.73 Å². The zero-order chi connectivity index (χ0) is 16.1. The molecule has 0 radical (unpaired) electrons. The normalized spacial score (nSPS) is 10.7. The maximum atomic E-state index is 11.3. The second-order valence-electron chi connectivity index (χ2n) is 5.21. The summed E-state index contributed by atoms with van der Waals surface area (Å²) in [7, 11) is 4.00. The first kappa shape index (κ1) is 16.3. The average molecular weight is 319 g/mol. The highest BCUT2D eigenvalue weighted by atomic mass is 35.5. The van der Waals surface area contributed by atoms with Gasteiger partial charge in [-0.2, -0.15) is 0 Å². The summed E-state index contributed by atoms with van der Waals surface area (Å²) in [6, 6.07) is 12.9. The summed E-state index contributed by atoms with van der Waals surface area (Å²) < 4.78 is 5.84. The molecule has 0 saturated carbocycles. The second-order valence-corrected chi connectivity index (χ2v) is 5.61. The minimum atomic E-state index is -0.535. The fourth-order valence-electron chi connectivity index (χ4n) is 2.05. The lowest BCUT2D eigenvalue weighted by molar-refractivity contribution is 0.100. The van der Waals surface area contributed by atoms with E-state index < -0.39 is 5.91 Å². The maximum Gasteiger partial charge on any atom is 0.250 e. The predicted molar refractivity (Wildman–Crippen MR) is 89.5 cm³/mol. The molecule has 22 heavy (non-hydrogen) atoms. The molecule has 2 N–H and O–H groups in total. The molecule has 0 saturated heterocycles. The summed E-state index contributed by atoms with van der Waals surface area (Å²) in [6.45, 7) is 1.42. The summed E-state index contributed by atoms with van der Waals surface area (Å²) in [5.74, 6) is 0.249. The highest BCUT2D eigenvalue weighted by molar-refractivity contribution is 6.34. The van der Waals surface area contributed by atoms with E-state index in [9.17, 15) is 4.79 Å². The molecule has 0 atom stereocenters. The van der Waals surface area contributed by atoms with Crippen LogP contribution in [-0.4, -0.2) is 38.1 Å². The Balaban J connectivity index is 2.28. The van der Waals surface area contributed by atoms with Gasteiger partial charge in [0.2, 0.25) is 5.91 Å². The van der Waals surface area contributed by atoms with Gasteiger partial charge >= 0.3 is 0 Å². The average Bonchev–Trinajstić information content (AvgIpc) is 2.47. The highest BCUT2D eigenvalue weighted by Crippen LogP contribution is 2.32. The third-order valence-electron chi connectivity index (χ3n) is 3.23. The Labute approximate surface area is 135 Å². The Morgan fingerprint density at radius 1 is 1.23 bits per heavy atom. The summed E-state index contributed by atoms with van der Waals surface area (Å²) in [6.07, 6.45) is 0. The quantitative estimate of drug-likeness (QED) is 0.890. The number of primary amides is 1. The summed E-state index contributed by atoms with van der Waals surface area (Å²) in [5.41, 5.74) is 7.41. The van der Waals surface area contributed by atoms with E-state index in [0.717, 1.165) is 23.4 Å². The van der Waals surface area contributed by atoms with Crippen molar-refractivity contribution in [3.05, 3.63) is 53.1 Å². The monoisotopic (exact) mass is 318 g/mol. The van der Waals surface area contributed by atoms with Crippen molar-refractivity contribution in [3.63, 3.8) is 0 Å². The van der Waals surface area contributed by atoms with Gasteiger partial charge in [-0.1, -0.05) is 35.9 Å². The van der Waals surface area contributed by atoms with E-state index in [1.165, 1.54) is 0 Å². The van der Waals surface area contributed by atoms with Crippen molar-refractivity contribution < 1.29 is 9.53 Å². The zero-order valence-electron chi connectivity index (χ0n) is 12.7. The zero-order valence-corrected chi connectivity index (χ0v) is 13.4. The van der Waals surface area contributed by atoms with Crippen LogP contribution in [0.3, 0.4) is 0 Å². The molecule has 4 nitrogen and oxygen atoms in total. The van der Waals surface area contributed by atoms with Crippen LogP contribution in [0.25, 0.3) is 11.1 Å². The standard InChI is InChI=1S/C17H19ClN2O2/c1-20(2)9-10-22-16-6-4-3-5-13(16)12-7-8-14(17(19)21)15(18)11-12/h3-8,11H,9-10H2,1-2H3,(H2,19,21). The Kier molecular flexibility index (Phi) is 5.41. The van der Waals surface area contributed by atoms with Crippen LogP contribution in [0.15, 0.2) is 42.5 Å². The number of nitrogens with two attached hydrogens (primary N) is 1. The molecular formula is C17H19ClN2O2. The van der Waals surface area contributed by atoms with Gasteiger partial charge in [0.1, 0.15) is 12.4 Å². The number of benzene rings is 2. The largest absolute Gasteiger partial charge is 0.492 e. The number of carbonyl (C=O) groups excluding carboxylic acids is 1. The van der Waals surface area contributed by atoms with E-state index in [2.05, 4.69) is 4.90 Å². The number of ether oxygens (including phenoxy) is 1. The molecule has 0 bridgehead atoms. The molecule has 2 rings (SSSR count). The Hall–Kier alpha value is -2.04. The van der Waals surface area contributed by atoms with E-state index in [1.54, 1.807) is 12.1 Å². The molecule has 5 heteroatoms. The van der Waals surface area contributed by atoms with Gasteiger partial charge < -0.3 is 15.4 Å². The number of amides is 1. The fraction of sp³-hybridized carbons (Fsp3) is 0.235. The van der Waals surface area contributed by atoms with Gasteiger partial charge in [-0.15, -0.1) is 0 Å². The van der Waals surface area contributed by atoms with Crippen molar-refractivity contribution >= 4 is 17.5 Å². The maximum absolute atomic E-state index is 11.3. The van der Waals surface area contributed by atoms with Crippen molar-refractivity contribution in [1.82, 2.24) is 4.90 Å². The molecule has 0 aromatic heterocycles. The van der Waals surface area contributed by atoms with E-state index in [4.69, 9.17) is 22.1 Å². The molecular weight excluding hydrogens is 300 g/mol. The number of carbonyl (C=O) groups is 1. The van der Waals surface area contributed by atoms with Gasteiger partial charge in [0.25, 0.3) is 0 Å². The van der Waals surface area contributed by atoms with Gasteiger partial charge in [0, 0.05) is 12.1 Å². The molecule has 0 heterocycles. The third kappa shape index (κ3) is 4.00. The highest BCUT2D eigenvalue weighted by Gasteiger charge is 2.11. The number of rotatable bonds is 6. The van der Waals surface area contributed by atoms with Crippen LogP contribution >= 0.6 is 11.6 Å². The van der Waals surface area contributed by atoms with Crippen molar-refractivity contribution in [1.29, 1.82) is 0 Å². The first-order valence-corrected chi connectivity index (χ1v) is 7.33. The van der Waals surface area contributed by atoms with Crippen LogP contribution in [0.5, 0.6) is 5.75 Å². The van der Waals surface area contributed by atoms with E-state index in [0.29, 0.717) is 17.2 Å². The number of likely N-dealkylation sites (N-methyl/N-ethyl adjacent to an activating group) is 1. The van der Waals surface area contributed by atoms with Crippen LogP contribution in [-0.2, 0) is 0 Å². The van der Waals surface area contributed by atoms with Crippen LogP contribution in [0.2, 0.25) is 5.02 Å². The van der Waals surface area contributed by atoms with Crippen molar-refractivity contribution in [2.45, 2.75) is 0 Å². The molecule has 2 aromatic carbocycles. The molecule has 2 aromatic rings. The number of hydrogen-bond acceptors (Lipinski definition) is 3. The summed E-state index contributed by atoms with van der Waals surface area (Å²) >= 11 is 6.12. The molecule has 1 amide bonds. The molecule has 0 spiro atoms. The van der Waals surface area contributed by atoms with E-state index >= 15 is 0 Å². The van der Waals surface area contributed by atoms with Gasteiger partial charge in [0.15, 0.2) is 0 Å². The minimum Gasteiger partial charge on any atom is -0.492 e. The first-order valence-electron chi connectivity index (χ1n) is 6.95. The number of para-hydroxylation sites is 1. The molecule has 0 aliphatic heterocycles. The van der Waals surface area contributed by atoms with Crippen molar-refractivity contribution in [2.75, 3.05) is 27.2 Å². The lowest BCUT2D eigenvalue weighted by Crippen LogP contribution is -2.19. The van der Waals surface area contributed by atoms with Crippen LogP contribution in [0.1, 0.15) is 10.4 Å². The molecule has 116 valence electrons. The number of hydrogen-bond donors (Lipinski definition) is 1. The van der Waals surface area contributed by atoms with Gasteiger partial charge in [-0.05, 0) is 37.9 Å². The third-order valence-corrected chi connectivity index (χ3v) is 3.54. The summed E-state index contributed by atoms with van der Waals surface area (Å²) in [5, 5.41) is 0.341. The smallest absolute Gasteiger partial charge is 0.250 e. The second kappa shape index (κ2) is 7.29. The molecule has 0 aliphatic carbocycles. The van der Waals surface area contributed by atoms with Gasteiger partial charge in [-0.3, -0.25) is 4.79 Å². The summed E-state index contributed by atoms with van der Waals surface area (Å²) in [4.78, 5) is 13.3. The van der Waals surface area contributed by atoms with Gasteiger partial charge in [0.05, 0.1) is 10.6 Å². The van der Waals surface area contributed by atoms with Gasteiger partial charge in [-0.25, -0.2) is 0 Å². The van der Waals surface area contributed by atoms with E-state index in [1.807, 2.05) is 44.4 Å². The van der Waals surface area contributed by atoms with Crippen LogP contribution in [0.4, 0.5) is 0 Å². The molecule has 0 unspecified atom stereocenters. The molecule has 0 fully saturated rings. The lowest BCUT2D eigenvalue weighted by atomic mass is 10.0. The van der Waals surface area contributed by atoms with Crippen LogP contribution < -0.4 is 10.5 Å². The van der Waals surface area contributed by atoms with Crippen LogP contribution in [0, 0.1) is 0 Å².